The van der Waals surface area contributed by atoms with Crippen LogP contribution < -0.4 is 10.6 Å². The maximum Gasteiger partial charge on any atom is 0.319 e. The molecule has 7 N–H and O–H groups in total. The van der Waals surface area contributed by atoms with Gasteiger partial charge in [0.15, 0.2) is 12.6 Å². The number of nitriles is 1. The Kier molecular flexibility index (Phi) is 23.3. The third kappa shape index (κ3) is 16.8. The second-order valence-electron chi connectivity index (χ2n) is 19.8. The van der Waals surface area contributed by atoms with Gasteiger partial charge in [-0.15, -0.1) is 0 Å². The predicted molar refractivity (Wildman–Crippen MR) is 253 cm³/mol. The van der Waals surface area contributed by atoms with Crippen LogP contribution in [0.2, 0.25) is 0 Å². The van der Waals surface area contributed by atoms with Crippen LogP contribution in [0.25, 0.3) is 0 Å². The van der Waals surface area contributed by atoms with Crippen molar-refractivity contribution in [2.75, 3.05) is 52.8 Å². The van der Waals surface area contributed by atoms with E-state index in [2.05, 4.69) is 16.7 Å². The predicted octanol–water partition coefficient (Wildman–Crippen LogP) is 3.80. The first-order chi connectivity index (χ1) is 31.4. The van der Waals surface area contributed by atoms with E-state index in [1.807, 2.05) is 37.7 Å². The van der Waals surface area contributed by atoms with Gasteiger partial charge >= 0.3 is 12.0 Å². The molecule has 0 radical (unpaired) electrons. The van der Waals surface area contributed by atoms with Gasteiger partial charge in [0.2, 0.25) is 0 Å². The number of cyclic esters (lactones) is 1. The van der Waals surface area contributed by atoms with E-state index < -0.39 is 96.4 Å². The molecule has 17 atom stereocenters. The number of hydrogen-bond acceptors (Lipinski definition) is 16. The Bertz CT molecular complexity index is 1680. The SMILES string of the molecule is CC[C@H]1OC(=O)[C@H](C)[C@@H](O[C@@H](CCOC)O[C@@H](C)[C@@H](C)O)[C@H](C)[C@@H](O[C@@H]2O[C@H](C)C[C@H](N(C)C)[C@H]2O)[C@](C)(O)C[C@@H](C)CN(CCCNC(=O)Nc2ccc(CC#N)cc2)[C@H](C)[C@@H](O)[C@]1(C)O. The number of benzene rings is 1. The lowest BCUT2D eigenvalue weighted by Gasteiger charge is -2.47. The minimum atomic E-state index is -1.93. The van der Waals surface area contributed by atoms with Crippen LogP contribution in [0.5, 0.6) is 0 Å². The van der Waals surface area contributed by atoms with Crippen molar-refractivity contribution in [1.82, 2.24) is 15.1 Å². The molecule has 0 aromatic heterocycles. The van der Waals surface area contributed by atoms with Crippen molar-refractivity contribution in [2.24, 2.45) is 17.8 Å². The molecule has 2 aliphatic heterocycles. The van der Waals surface area contributed by atoms with Crippen molar-refractivity contribution in [3.8, 4) is 6.07 Å². The maximum absolute atomic E-state index is 14.5. The zero-order chi connectivity index (χ0) is 50.4. The number of ether oxygens (including phenoxy) is 6. The molecule has 2 amide bonds. The molecule has 2 saturated heterocycles. The highest BCUT2D eigenvalue weighted by Gasteiger charge is 2.51. The lowest BCUT2D eigenvalue weighted by molar-refractivity contribution is -0.306. The van der Waals surface area contributed by atoms with Crippen molar-refractivity contribution in [3.05, 3.63) is 29.8 Å². The molecule has 2 fully saturated rings. The fourth-order valence-corrected chi connectivity index (χ4v) is 9.50. The van der Waals surface area contributed by atoms with Gasteiger partial charge in [-0.3, -0.25) is 9.69 Å². The number of anilines is 1. The number of likely N-dealkylation sites (N-methyl/N-ethyl adjacent to an activating group) is 1. The molecule has 18 nitrogen and oxygen atoms in total. The number of rotatable bonds is 18. The number of carbonyl (C=O) groups excluding carboxylic acids is 2. The van der Waals surface area contributed by atoms with Crippen LogP contribution >= 0.6 is 0 Å². The van der Waals surface area contributed by atoms with E-state index in [0.717, 1.165) is 5.56 Å². The average Bonchev–Trinajstić information content (AvgIpc) is 3.26. The molecular formula is C49H85N5O13. The van der Waals surface area contributed by atoms with E-state index in [-0.39, 0.29) is 56.9 Å². The fraction of sp³-hybridized carbons (Fsp3) is 0.816. The number of amides is 2. The molecular weight excluding hydrogens is 867 g/mol. The molecule has 0 saturated carbocycles. The molecule has 384 valence electrons. The first-order valence-corrected chi connectivity index (χ1v) is 24.1. The summed E-state index contributed by atoms with van der Waals surface area (Å²) in [4.78, 5) is 31.3. The van der Waals surface area contributed by atoms with Crippen LogP contribution in [0.15, 0.2) is 24.3 Å². The third-order valence-electron chi connectivity index (χ3n) is 13.6. The third-order valence-corrected chi connectivity index (χ3v) is 13.6. The van der Waals surface area contributed by atoms with Gasteiger partial charge in [0, 0.05) is 56.9 Å². The summed E-state index contributed by atoms with van der Waals surface area (Å²) in [5.41, 5.74) is -2.20. The Balaban J connectivity index is 2.08. The minimum Gasteiger partial charge on any atom is -0.459 e. The number of urea groups is 1. The van der Waals surface area contributed by atoms with Gasteiger partial charge in [-0.2, -0.15) is 5.26 Å². The number of aliphatic hydroxyl groups excluding tert-OH is 3. The quantitative estimate of drug-likeness (QED) is 0.0629. The van der Waals surface area contributed by atoms with Crippen molar-refractivity contribution >= 4 is 17.7 Å². The minimum absolute atomic E-state index is 0.132. The summed E-state index contributed by atoms with van der Waals surface area (Å²) in [6.07, 6.45) is -8.20. The maximum atomic E-state index is 14.5. The second-order valence-corrected chi connectivity index (χ2v) is 19.8. The Hall–Kier alpha value is -3.03. The zero-order valence-electron chi connectivity index (χ0n) is 42.4. The first kappa shape index (κ1) is 58.3. The number of nitrogens with zero attached hydrogens (tertiary/aromatic N) is 3. The van der Waals surface area contributed by atoms with E-state index in [0.29, 0.717) is 31.6 Å². The van der Waals surface area contributed by atoms with Crippen molar-refractivity contribution in [1.29, 1.82) is 5.26 Å². The molecule has 0 aliphatic carbocycles. The van der Waals surface area contributed by atoms with E-state index in [1.54, 1.807) is 72.7 Å². The van der Waals surface area contributed by atoms with E-state index in [4.69, 9.17) is 33.7 Å². The average molecular weight is 952 g/mol. The van der Waals surface area contributed by atoms with Crippen LogP contribution in [0.1, 0.15) is 107 Å². The summed E-state index contributed by atoms with van der Waals surface area (Å²) in [6.45, 7) is 18.4. The Morgan fingerprint density at radius 1 is 1.09 bits per heavy atom. The zero-order valence-corrected chi connectivity index (χ0v) is 42.4. The summed E-state index contributed by atoms with van der Waals surface area (Å²) in [7, 11) is 5.27. The number of methoxy groups -OCH3 is 1. The molecule has 0 spiro atoms. The fourth-order valence-electron chi connectivity index (χ4n) is 9.50. The molecule has 0 unspecified atom stereocenters. The van der Waals surface area contributed by atoms with Crippen LogP contribution in [0.3, 0.4) is 0 Å². The lowest BCUT2D eigenvalue weighted by atomic mass is 9.77. The Morgan fingerprint density at radius 3 is 2.33 bits per heavy atom. The van der Waals surface area contributed by atoms with Gasteiger partial charge in [0.1, 0.15) is 23.9 Å². The van der Waals surface area contributed by atoms with Gasteiger partial charge in [0.05, 0.1) is 61.1 Å². The van der Waals surface area contributed by atoms with Crippen LogP contribution in [0.4, 0.5) is 10.5 Å². The molecule has 67 heavy (non-hydrogen) atoms. The standard InChI is InChI=1S/C49H85N5O13/c1-14-39-49(10,61)43(57)33(6)54(24-15-23-51-47(59)52-37-18-16-36(17-19-37)20-22-50)28-29(2)27-48(9,60)44(67-46-41(56)38(53(11)12)26-30(3)63-46)31(4)42(32(5)45(58)65-39)66-40(21-25-62-13)64-35(8)34(7)55/h16-19,29-35,38-44,46,55-57,60-61H,14-15,20-21,23-28H2,1-13H3,(H2,51,52,59)/t29-,30-,31+,32-,33-,34-,35+,38+,39-,40+,41-,42+,43-,44-,46+,48-,49-/m1/s1. The molecule has 1 aromatic rings. The summed E-state index contributed by atoms with van der Waals surface area (Å²) in [5.74, 6) is -2.94. The first-order valence-electron chi connectivity index (χ1n) is 24.1. The van der Waals surface area contributed by atoms with Gasteiger partial charge in [-0.1, -0.05) is 32.9 Å². The summed E-state index contributed by atoms with van der Waals surface area (Å²) in [5, 5.41) is 73.8. The summed E-state index contributed by atoms with van der Waals surface area (Å²) >= 11 is 0. The number of carbonyl (C=O) groups is 2. The van der Waals surface area contributed by atoms with E-state index >= 15 is 0 Å². The lowest BCUT2D eigenvalue weighted by Crippen LogP contribution is -2.59. The van der Waals surface area contributed by atoms with E-state index in [9.17, 15) is 35.1 Å². The monoisotopic (exact) mass is 952 g/mol. The molecule has 3 rings (SSSR count). The highest BCUT2D eigenvalue weighted by atomic mass is 16.7. The summed E-state index contributed by atoms with van der Waals surface area (Å²) < 4.78 is 37.6. The van der Waals surface area contributed by atoms with Crippen LogP contribution in [-0.2, 0) is 39.6 Å². The topological polar surface area (TPSA) is 245 Å². The van der Waals surface area contributed by atoms with Gasteiger partial charge in [-0.05, 0) is 112 Å². The van der Waals surface area contributed by atoms with Crippen LogP contribution in [0, 0.1) is 29.1 Å². The Morgan fingerprint density at radius 2 is 1.75 bits per heavy atom. The number of nitrogens with one attached hydrogen (secondary N) is 2. The molecule has 2 heterocycles. The van der Waals surface area contributed by atoms with Crippen molar-refractivity contribution in [3.63, 3.8) is 0 Å². The highest BCUT2D eigenvalue weighted by Crippen LogP contribution is 2.38. The Labute approximate surface area is 399 Å². The normalized spacial score (nSPS) is 35.3. The number of hydrogen-bond donors (Lipinski definition) is 7. The number of aliphatic hydroxyl groups is 5. The second kappa shape index (κ2) is 26.8. The van der Waals surface area contributed by atoms with Crippen LogP contribution in [-0.4, -0.2) is 179 Å². The smallest absolute Gasteiger partial charge is 0.319 e. The highest BCUT2D eigenvalue weighted by molar-refractivity contribution is 5.89. The molecule has 1 aromatic carbocycles. The molecule has 2 aliphatic rings. The molecule has 0 bridgehead atoms. The molecule has 18 heteroatoms. The largest absolute Gasteiger partial charge is 0.459 e. The number of esters is 1. The van der Waals surface area contributed by atoms with Crippen molar-refractivity contribution < 1.29 is 63.5 Å². The van der Waals surface area contributed by atoms with E-state index in [1.165, 1.54) is 14.0 Å². The van der Waals surface area contributed by atoms with Gasteiger partial charge in [-0.25, -0.2) is 4.79 Å². The summed E-state index contributed by atoms with van der Waals surface area (Å²) in [6, 6.07) is 7.66. The van der Waals surface area contributed by atoms with Gasteiger partial charge < -0.3 is 69.5 Å². The van der Waals surface area contributed by atoms with Crippen molar-refractivity contribution in [2.45, 2.75) is 192 Å². The van der Waals surface area contributed by atoms with Gasteiger partial charge in [0.25, 0.3) is 0 Å².